The number of nitrogens with zero attached hydrogens (tertiary/aromatic N) is 2. The van der Waals surface area contributed by atoms with Crippen LogP contribution in [0.4, 0.5) is 8.78 Å². The van der Waals surface area contributed by atoms with Crippen LogP contribution in [0, 0.1) is 15.2 Å². The highest BCUT2D eigenvalue weighted by atomic mass is 127. The fourth-order valence-electron chi connectivity index (χ4n) is 4.27. The zero-order chi connectivity index (χ0) is 26.1. The van der Waals surface area contributed by atoms with Crippen molar-refractivity contribution in [3.05, 3.63) is 68.8 Å². The number of piperazine rings is 1. The average Bonchev–Trinajstić information content (AvgIpc) is 2.80. The number of amides is 2. The van der Waals surface area contributed by atoms with Gasteiger partial charge in [0, 0.05) is 42.4 Å². The summed E-state index contributed by atoms with van der Waals surface area (Å²) in [5.41, 5.74) is 1.38. The maximum atomic E-state index is 13.8. The second-order valence-electron chi connectivity index (χ2n) is 9.08. The number of halogens is 3. The highest BCUT2D eigenvalue weighted by molar-refractivity contribution is 14.1. The Bertz CT molecular complexity index is 1020. The summed E-state index contributed by atoms with van der Waals surface area (Å²) in [5.74, 6) is -1.80. The number of hydrogen-bond acceptors (Lipinski definition) is 5. The molecule has 2 aromatic carbocycles. The third-order valence-electron chi connectivity index (χ3n) is 6.02. The van der Waals surface area contributed by atoms with Crippen LogP contribution in [0.3, 0.4) is 0 Å². The average molecular weight is 614 g/mol. The van der Waals surface area contributed by atoms with Crippen molar-refractivity contribution in [2.24, 2.45) is 0 Å². The fourth-order valence-corrected chi connectivity index (χ4v) is 4.88. The maximum Gasteiger partial charge on any atom is 0.236 e. The first-order valence-corrected chi connectivity index (χ1v) is 13.2. The molecule has 1 fully saturated rings. The molecule has 0 bridgehead atoms. The van der Waals surface area contributed by atoms with Gasteiger partial charge in [-0.2, -0.15) is 0 Å². The Kier molecular flexibility index (Phi) is 11.0. The van der Waals surface area contributed by atoms with Gasteiger partial charge in [0.25, 0.3) is 0 Å². The van der Waals surface area contributed by atoms with Crippen LogP contribution < -0.4 is 10.6 Å². The number of aliphatic hydroxyl groups excluding tert-OH is 1. The lowest BCUT2D eigenvalue weighted by Gasteiger charge is -2.34. The number of carbonyl (C=O) groups is 2. The first-order chi connectivity index (χ1) is 17.2. The fraction of sp³-hybridized carbons (Fsp3) is 0.462. The Hall–Kier alpha value is -2.15. The van der Waals surface area contributed by atoms with Crippen LogP contribution in [-0.4, -0.2) is 78.1 Å². The number of benzene rings is 2. The highest BCUT2D eigenvalue weighted by Crippen LogP contribution is 2.13. The molecule has 2 atom stereocenters. The van der Waals surface area contributed by atoms with E-state index in [0.717, 1.165) is 21.6 Å². The molecular weight excluding hydrogens is 581 g/mol. The molecule has 0 saturated carbocycles. The molecule has 7 nitrogen and oxygen atoms in total. The Labute approximate surface area is 224 Å². The summed E-state index contributed by atoms with van der Waals surface area (Å²) in [7, 11) is 0. The lowest BCUT2D eigenvalue weighted by atomic mass is 10.0. The minimum absolute atomic E-state index is 0.00230. The summed E-state index contributed by atoms with van der Waals surface area (Å²) in [4.78, 5) is 28.7. The van der Waals surface area contributed by atoms with E-state index in [1.165, 1.54) is 12.1 Å². The van der Waals surface area contributed by atoms with Crippen molar-refractivity contribution in [2.75, 3.05) is 39.3 Å². The van der Waals surface area contributed by atoms with Gasteiger partial charge >= 0.3 is 0 Å². The minimum Gasteiger partial charge on any atom is -0.390 e. The topological polar surface area (TPSA) is 84.9 Å². The third-order valence-corrected chi connectivity index (χ3v) is 6.69. The van der Waals surface area contributed by atoms with Crippen molar-refractivity contribution in [1.29, 1.82) is 0 Å². The predicted molar refractivity (Wildman–Crippen MR) is 142 cm³/mol. The molecule has 1 aliphatic rings. The van der Waals surface area contributed by atoms with Gasteiger partial charge in [0.1, 0.15) is 11.6 Å². The smallest absolute Gasteiger partial charge is 0.236 e. The Morgan fingerprint density at radius 2 is 1.89 bits per heavy atom. The molecule has 1 heterocycles. The summed E-state index contributed by atoms with van der Waals surface area (Å²) < 4.78 is 28.6. The van der Waals surface area contributed by atoms with Crippen molar-refractivity contribution in [1.82, 2.24) is 20.4 Å². The van der Waals surface area contributed by atoms with Crippen molar-refractivity contribution in [3.8, 4) is 0 Å². The van der Waals surface area contributed by atoms with Gasteiger partial charge < -0.3 is 20.6 Å². The van der Waals surface area contributed by atoms with Gasteiger partial charge in [-0.3, -0.25) is 14.5 Å². The molecule has 10 heteroatoms. The first-order valence-electron chi connectivity index (χ1n) is 12.1. The zero-order valence-electron chi connectivity index (χ0n) is 20.4. The van der Waals surface area contributed by atoms with E-state index in [-0.39, 0.29) is 37.9 Å². The van der Waals surface area contributed by atoms with Crippen LogP contribution in [0.2, 0.25) is 0 Å². The van der Waals surface area contributed by atoms with Crippen molar-refractivity contribution in [3.63, 3.8) is 0 Å². The van der Waals surface area contributed by atoms with Gasteiger partial charge in [0.05, 0.1) is 25.2 Å². The number of carbonyl (C=O) groups excluding carboxylic acids is 2. The molecule has 2 aromatic rings. The predicted octanol–water partition coefficient (Wildman–Crippen LogP) is 2.30. The molecule has 3 N–H and O–H groups in total. The molecule has 0 radical (unpaired) electrons. The van der Waals surface area contributed by atoms with E-state index < -0.39 is 23.8 Å². The normalized spacial score (nSPS) is 16.1. The van der Waals surface area contributed by atoms with Crippen molar-refractivity contribution in [2.45, 2.75) is 38.5 Å². The summed E-state index contributed by atoms with van der Waals surface area (Å²) >= 11 is 2.23. The van der Waals surface area contributed by atoms with Gasteiger partial charge in [0.15, 0.2) is 0 Å². The van der Waals surface area contributed by atoms with E-state index >= 15 is 0 Å². The van der Waals surface area contributed by atoms with Crippen LogP contribution in [0.25, 0.3) is 0 Å². The van der Waals surface area contributed by atoms with Crippen molar-refractivity contribution < 1.29 is 23.5 Å². The van der Waals surface area contributed by atoms with Gasteiger partial charge in [-0.1, -0.05) is 19.1 Å². The number of rotatable bonds is 12. The SMILES string of the molecule is CCCN1CCN(CC(=O)N[C@@H](Cc2cc(F)cc(F)c2)[C@H](O)CNCc2cccc(I)c2)CC1=O. The molecule has 3 rings (SSSR count). The molecule has 196 valence electrons. The molecule has 0 aliphatic carbocycles. The molecule has 36 heavy (non-hydrogen) atoms. The highest BCUT2D eigenvalue weighted by Gasteiger charge is 2.27. The minimum atomic E-state index is -1.01. The van der Waals surface area contributed by atoms with Crippen LogP contribution in [-0.2, 0) is 22.6 Å². The summed E-state index contributed by atoms with van der Waals surface area (Å²) in [5, 5.41) is 16.9. The summed E-state index contributed by atoms with van der Waals surface area (Å²) in [6.07, 6.45) is -0.0780. The quantitative estimate of drug-likeness (QED) is 0.320. The van der Waals surface area contributed by atoms with Crippen LogP contribution in [0.1, 0.15) is 24.5 Å². The molecule has 0 spiro atoms. The van der Waals surface area contributed by atoms with Gasteiger partial charge in [-0.15, -0.1) is 0 Å². The number of nitrogens with one attached hydrogen (secondary N) is 2. The Morgan fingerprint density at radius 1 is 1.14 bits per heavy atom. The zero-order valence-corrected chi connectivity index (χ0v) is 22.5. The second kappa shape index (κ2) is 14.0. The Morgan fingerprint density at radius 3 is 2.56 bits per heavy atom. The second-order valence-corrected chi connectivity index (χ2v) is 10.3. The van der Waals surface area contributed by atoms with E-state index in [1.54, 1.807) is 9.80 Å². The number of aliphatic hydroxyl groups is 1. The van der Waals surface area contributed by atoms with Gasteiger partial charge in [-0.25, -0.2) is 8.78 Å². The summed E-state index contributed by atoms with van der Waals surface area (Å²) in [6, 6.07) is 10.3. The number of hydrogen-bond donors (Lipinski definition) is 3. The standard InChI is InChI=1S/C26H33F2IN4O3/c1-2-6-33-8-7-32(17-26(33)36)16-25(35)31-23(12-19-9-20(27)13-21(28)10-19)24(34)15-30-14-18-4-3-5-22(29)11-18/h3-5,9-11,13,23-24,30,34H,2,6-8,12,14-17H2,1H3,(H,31,35)/t23-,24+/m0/s1. The van der Waals surface area contributed by atoms with Gasteiger partial charge in [0.2, 0.25) is 11.8 Å². The first kappa shape index (κ1) is 28.4. The Balaban J connectivity index is 1.61. The summed E-state index contributed by atoms with van der Waals surface area (Å²) in [6.45, 7) is 4.71. The lowest BCUT2D eigenvalue weighted by Crippen LogP contribution is -2.55. The molecule has 1 aliphatic heterocycles. The molecule has 0 aromatic heterocycles. The van der Waals surface area contributed by atoms with Gasteiger partial charge in [-0.05, 0) is 70.8 Å². The maximum absolute atomic E-state index is 13.8. The van der Waals surface area contributed by atoms with E-state index in [1.807, 2.05) is 31.2 Å². The van der Waals surface area contributed by atoms with E-state index in [4.69, 9.17) is 0 Å². The molecular formula is C26H33F2IN4O3. The molecule has 0 unspecified atom stereocenters. The van der Waals surface area contributed by atoms with Crippen molar-refractivity contribution >= 4 is 34.4 Å². The van der Waals surface area contributed by atoms with E-state index in [2.05, 4.69) is 33.2 Å². The third kappa shape index (κ3) is 9.06. The van der Waals surface area contributed by atoms with Crippen LogP contribution in [0.15, 0.2) is 42.5 Å². The lowest BCUT2D eigenvalue weighted by molar-refractivity contribution is -0.137. The monoisotopic (exact) mass is 614 g/mol. The van der Waals surface area contributed by atoms with Crippen LogP contribution >= 0.6 is 22.6 Å². The van der Waals surface area contributed by atoms with E-state index in [9.17, 15) is 23.5 Å². The largest absolute Gasteiger partial charge is 0.390 e. The molecule has 2 amide bonds. The van der Waals surface area contributed by atoms with Crippen LogP contribution in [0.5, 0.6) is 0 Å². The van der Waals surface area contributed by atoms with E-state index in [0.29, 0.717) is 31.7 Å². The molecule has 1 saturated heterocycles.